The number of rotatable bonds is 3. The number of nitrogens with one attached hydrogen (secondary N) is 1. The molecule has 0 bridgehead atoms. The van der Waals surface area contributed by atoms with Crippen LogP contribution in [0.15, 0.2) is 52.8 Å². The van der Waals surface area contributed by atoms with Crippen LogP contribution >= 0.6 is 0 Å². The summed E-state index contributed by atoms with van der Waals surface area (Å²) in [6, 6.07) is 10.1. The predicted molar refractivity (Wildman–Crippen MR) is 83.3 cm³/mol. The largest absolute Gasteiger partial charge is 0.469 e. The van der Waals surface area contributed by atoms with Crippen molar-refractivity contribution >= 4 is 11.5 Å². The van der Waals surface area contributed by atoms with Crippen LogP contribution in [0.1, 0.15) is 35.6 Å². The monoisotopic (exact) mass is 281 g/mol. The highest BCUT2D eigenvalue weighted by molar-refractivity contribution is 5.92. The fraction of sp³-hybridized carbons (Fsp3) is 0.278. The van der Waals surface area contributed by atoms with E-state index in [0.717, 1.165) is 23.6 Å². The number of carbonyl (C=O) groups is 1. The van der Waals surface area contributed by atoms with Gasteiger partial charge in [-0.25, -0.2) is 0 Å². The summed E-state index contributed by atoms with van der Waals surface area (Å²) in [7, 11) is 0. The number of hydrogen-bond acceptors (Lipinski definition) is 3. The molecule has 3 rings (SSSR count). The first-order valence-corrected chi connectivity index (χ1v) is 7.22. The van der Waals surface area contributed by atoms with Crippen molar-refractivity contribution in [3.05, 3.63) is 65.3 Å². The number of aryl methyl sites for hydroxylation is 2. The van der Waals surface area contributed by atoms with Gasteiger partial charge in [0.2, 0.25) is 0 Å². The second-order valence-corrected chi connectivity index (χ2v) is 5.76. The molecule has 0 radical (unpaired) electrons. The first-order chi connectivity index (χ1) is 10.1. The second-order valence-electron chi connectivity index (χ2n) is 5.76. The van der Waals surface area contributed by atoms with Crippen molar-refractivity contribution in [2.45, 2.75) is 32.6 Å². The zero-order chi connectivity index (χ0) is 14.8. The molecule has 0 unspecified atom stereocenters. The summed E-state index contributed by atoms with van der Waals surface area (Å²) in [6.07, 6.45) is 4.70. The van der Waals surface area contributed by atoms with E-state index in [9.17, 15) is 4.79 Å². The Kier molecular flexibility index (Phi) is 3.65. The van der Waals surface area contributed by atoms with Gasteiger partial charge in [0.25, 0.3) is 0 Å². The molecule has 0 spiro atoms. The van der Waals surface area contributed by atoms with E-state index in [1.165, 1.54) is 11.1 Å². The van der Waals surface area contributed by atoms with Crippen LogP contribution in [0.3, 0.4) is 0 Å². The fourth-order valence-corrected chi connectivity index (χ4v) is 2.94. The molecule has 1 aromatic carbocycles. The van der Waals surface area contributed by atoms with Crippen molar-refractivity contribution in [1.29, 1.82) is 0 Å². The standard InChI is InChI=1S/C18H19NO2/c1-12-6-13(2)8-15(7-12)19-16-9-14(10-17(20)11-16)18-4-3-5-21-18/h3-8,11,14,19H,9-10H2,1-2H3/t14-/m1/s1. The SMILES string of the molecule is Cc1cc(C)cc(NC2=CC(=O)C[C@H](c3ccco3)C2)c1. The molecular weight excluding hydrogens is 262 g/mol. The first-order valence-electron chi connectivity index (χ1n) is 7.22. The minimum absolute atomic E-state index is 0.130. The maximum absolute atomic E-state index is 11.9. The number of ketones is 1. The lowest BCUT2D eigenvalue weighted by Gasteiger charge is -2.21. The summed E-state index contributed by atoms with van der Waals surface area (Å²) in [6.45, 7) is 4.15. The number of hydrogen-bond donors (Lipinski definition) is 1. The molecular formula is C18H19NO2. The number of benzene rings is 1. The summed E-state index contributed by atoms with van der Waals surface area (Å²) in [4.78, 5) is 11.9. The van der Waals surface area contributed by atoms with E-state index >= 15 is 0 Å². The van der Waals surface area contributed by atoms with E-state index in [0.29, 0.717) is 6.42 Å². The van der Waals surface area contributed by atoms with Crippen LogP contribution < -0.4 is 5.32 Å². The van der Waals surface area contributed by atoms with Crippen molar-refractivity contribution in [2.75, 3.05) is 5.32 Å². The van der Waals surface area contributed by atoms with Gasteiger partial charge in [0.05, 0.1) is 6.26 Å². The average Bonchev–Trinajstić information content (AvgIpc) is 2.90. The van der Waals surface area contributed by atoms with E-state index in [1.807, 2.05) is 12.1 Å². The average molecular weight is 281 g/mol. The number of furan rings is 1. The Morgan fingerprint density at radius 3 is 2.57 bits per heavy atom. The van der Waals surface area contributed by atoms with E-state index in [4.69, 9.17) is 4.42 Å². The Bertz CT molecular complexity index is 663. The van der Waals surface area contributed by atoms with Crippen molar-refractivity contribution in [2.24, 2.45) is 0 Å². The number of carbonyl (C=O) groups excluding carboxylic acids is 1. The van der Waals surface area contributed by atoms with Crippen LogP contribution in [0, 0.1) is 13.8 Å². The number of anilines is 1. The van der Waals surface area contributed by atoms with Gasteiger partial charge in [0.1, 0.15) is 5.76 Å². The topological polar surface area (TPSA) is 42.2 Å². The molecule has 1 heterocycles. The van der Waals surface area contributed by atoms with Crippen LogP contribution in [-0.4, -0.2) is 5.78 Å². The van der Waals surface area contributed by atoms with Gasteiger partial charge in [0, 0.05) is 29.8 Å². The quantitative estimate of drug-likeness (QED) is 0.910. The third kappa shape index (κ3) is 3.24. The molecule has 1 aliphatic rings. The van der Waals surface area contributed by atoms with Gasteiger partial charge >= 0.3 is 0 Å². The molecule has 3 heteroatoms. The number of allylic oxidation sites excluding steroid dienone is 2. The lowest BCUT2D eigenvalue weighted by molar-refractivity contribution is -0.115. The van der Waals surface area contributed by atoms with Crippen LogP contribution in [0.2, 0.25) is 0 Å². The van der Waals surface area contributed by atoms with Crippen LogP contribution in [0.5, 0.6) is 0 Å². The Morgan fingerprint density at radius 1 is 1.14 bits per heavy atom. The molecule has 3 nitrogen and oxygen atoms in total. The molecule has 1 N–H and O–H groups in total. The van der Waals surface area contributed by atoms with E-state index in [1.54, 1.807) is 12.3 Å². The normalized spacial score (nSPS) is 18.5. The minimum atomic E-state index is 0.130. The molecule has 1 aliphatic carbocycles. The van der Waals surface area contributed by atoms with Gasteiger partial charge in [-0.3, -0.25) is 4.79 Å². The Hall–Kier alpha value is -2.29. The van der Waals surface area contributed by atoms with Crippen molar-refractivity contribution in [3.8, 4) is 0 Å². The van der Waals surface area contributed by atoms with Crippen molar-refractivity contribution < 1.29 is 9.21 Å². The van der Waals surface area contributed by atoms with Crippen LogP contribution in [0.25, 0.3) is 0 Å². The summed E-state index contributed by atoms with van der Waals surface area (Å²) in [5.41, 5.74) is 4.41. The molecule has 0 saturated heterocycles. The second kappa shape index (κ2) is 5.60. The van der Waals surface area contributed by atoms with Gasteiger partial charge in [0.15, 0.2) is 5.78 Å². The molecule has 0 saturated carbocycles. The van der Waals surface area contributed by atoms with Gasteiger partial charge in [-0.1, -0.05) is 6.07 Å². The van der Waals surface area contributed by atoms with E-state index < -0.39 is 0 Å². The van der Waals surface area contributed by atoms with E-state index in [-0.39, 0.29) is 11.7 Å². The molecule has 1 atom stereocenters. The highest BCUT2D eigenvalue weighted by Crippen LogP contribution is 2.32. The minimum Gasteiger partial charge on any atom is -0.469 e. The van der Waals surface area contributed by atoms with Gasteiger partial charge < -0.3 is 9.73 Å². The van der Waals surface area contributed by atoms with Crippen molar-refractivity contribution in [3.63, 3.8) is 0 Å². The molecule has 0 aliphatic heterocycles. The van der Waals surface area contributed by atoms with Gasteiger partial charge in [-0.2, -0.15) is 0 Å². The molecule has 21 heavy (non-hydrogen) atoms. The third-order valence-electron chi connectivity index (χ3n) is 3.72. The molecule has 0 amide bonds. The first kappa shape index (κ1) is 13.7. The third-order valence-corrected chi connectivity index (χ3v) is 3.72. The smallest absolute Gasteiger partial charge is 0.158 e. The van der Waals surface area contributed by atoms with Crippen LogP contribution in [-0.2, 0) is 4.79 Å². The summed E-state index contributed by atoms with van der Waals surface area (Å²) >= 11 is 0. The maximum atomic E-state index is 11.9. The Balaban J connectivity index is 1.80. The van der Waals surface area contributed by atoms with Gasteiger partial charge in [-0.05, 0) is 55.7 Å². The Morgan fingerprint density at radius 2 is 1.90 bits per heavy atom. The predicted octanol–water partition coefficient (Wildman–Crippen LogP) is 4.34. The highest BCUT2D eigenvalue weighted by atomic mass is 16.3. The molecule has 2 aromatic rings. The molecule has 108 valence electrons. The Labute approximate surface area is 124 Å². The van der Waals surface area contributed by atoms with Gasteiger partial charge in [-0.15, -0.1) is 0 Å². The fourth-order valence-electron chi connectivity index (χ4n) is 2.94. The van der Waals surface area contributed by atoms with Crippen LogP contribution in [0.4, 0.5) is 5.69 Å². The highest BCUT2D eigenvalue weighted by Gasteiger charge is 2.24. The maximum Gasteiger partial charge on any atom is 0.158 e. The van der Waals surface area contributed by atoms with Crippen molar-refractivity contribution in [1.82, 2.24) is 0 Å². The molecule has 0 fully saturated rings. The lowest BCUT2D eigenvalue weighted by atomic mass is 9.89. The lowest BCUT2D eigenvalue weighted by Crippen LogP contribution is -2.16. The van der Waals surface area contributed by atoms with E-state index in [2.05, 4.69) is 37.4 Å². The molecule has 1 aromatic heterocycles. The summed E-state index contributed by atoms with van der Waals surface area (Å²) in [5.74, 6) is 1.16. The zero-order valence-corrected chi connectivity index (χ0v) is 12.3. The summed E-state index contributed by atoms with van der Waals surface area (Å²) < 4.78 is 5.45. The zero-order valence-electron chi connectivity index (χ0n) is 12.3. The summed E-state index contributed by atoms with van der Waals surface area (Å²) in [5, 5.41) is 3.38.